The zero-order valence-electron chi connectivity index (χ0n) is 9.76. The molecule has 2 rings (SSSR count). The van der Waals surface area contributed by atoms with E-state index in [0.29, 0.717) is 13.0 Å². The van der Waals surface area contributed by atoms with Crippen LogP contribution in [0.2, 0.25) is 0 Å². The predicted octanol–water partition coefficient (Wildman–Crippen LogP) is 1.48. The monoisotopic (exact) mass is 235 g/mol. The molecule has 0 aliphatic carbocycles. The second-order valence-electron chi connectivity index (χ2n) is 4.57. The smallest absolute Gasteiger partial charge is 0.307 e. The fourth-order valence-electron chi connectivity index (χ4n) is 2.18. The minimum Gasteiger partial charge on any atom is -0.481 e. The number of hydrogen-bond donors (Lipinski definition) is 3. The van der Waals surface area contributed by atoms with Crippen LogP contribution in [-0.2, 0) is 4.79 Å². The molecule has 1 aromatic rings. The van der Waals surface area contributed by atoms with Gasteiger partial charge >= 0.3 is 5.97 Å². The van der Waals surface area contributed by atoms with Gasteiger partial charge in [-0.3, -0.25) is 4.79 Å². The fourth-order valence-corrected chi connectivity index (χ4v) is 2.18. The standard InChI is InChI=1S/C13H17NO3/c1-8(15)9-2-4-10(5-3-9)12-6-11(7-14-12)13(16)17/h2-5,8,11-12,14-15H,6-7H2,1H3,(H,16,17). The maximum absolute atomic E-state index is 10.8. The second-order valence-corrected chi connectivity index (χ2v) is 4.57. The zero-order valence-corrected chi connectivity index (χ0v) is 9.76. The van der Waals surface area contributed by atoms with Gasteiger partial charge in [-0.25, -0.2) is 0 Å². The van der Waals surface area contributed by atoms with E-state index in [9.17, 15) is 9.90 Å². The Labute approximate surface area is 100 Å². The average molecular weight is 235 g/mol. The van der Waals surface area contributed by atoms with Gasteiger partial charge < -0.3 is 15.5 Å². The van der Waals surface area contributed by atoms with E-state index < -0.39 is 12.1 Å². The topological polar surface area (TPSA) is 69.6 Å². The minimum absolute atomic E-state index is 0.110. The molecule has 0 amide bonds. The quantitative estimate of drug-likeness (QED) is 0.742. The molecule has 1 saturated heterocycles. The largest absolute Gasteiger partial charge is 0.481 e. The van der Waals surface area contributed by atoms with E-state index in [4.69, 9.17) is 5.11 Å². The molecule has 1 aliphatic rings. The third-order valence-electron chi connectivity index (χ3n) is 3.30. The van der Waals surface area contributed by atoms with E-state index in [-0.39, 0.29) is 12.0 Å². The summed E-state index contributed by atoms with van der Waals surface area (Å²) in [5.41, 5.74) is 1.96. The summed E-state index contributed by atoms with van der Waals surface area (Å²) in [7, 11) is 0. The Balaban J connectivity index is 2.06. The summed E-state index contributed by atoms with van der Waals surface area (Å²) in [6.45, 7) is 2.25. The van der Waals surface area contributed by atoms with Crippen LogP contribution in [0.5, 0.6) is 0 Å². The van der Waals surface area contributed by atoms with Gasteiger partial charge in [0.15, 0.2) is 0 Å². The summed E-state index contributed by atoms with van der Waals surface area (Å²) in [6, 6.07) is 7.78. The molecule has 0 radical (unpaired) electrons. The van der Waals surface area contributed by atoms with E-state index in [2.05, 4.69) is 5.32 Å². The first kappa shape index (κ1) is 12.1. The van der Waals surface area contributed by atoms with Crippen molar-refractivity contribution < 1.29 is 15.0 Å². The van der Waals surface area contributed by atoms with Crippen LogP contribution in [0.4, 0.5) is 0 Å². The molecule has 3 atom stereocenters. The first-order chi connectivity index (χ1) is 8.08. The lowest BCUT2D eigenvalue weighted by Crippen LogP contribution is -2.17. The van der Waals surface area contributed by atoms with Crippen molar-refractivity contribution in [1.82, 2.24) is 5.32 Å². The lowest BCUT2D eigenvalue weighted by Gasteiger charge is -2.12. The summed E-state index contributed by atoms with van der Waals surface area (Å²) in [4.78, 5) is 10.8. The zero-order chi connectivity index (χ0) is 12.4. The van der Waals surface area contributed by atoms with E-state index >= 15 is 0 Å². The Morgan fingerprint density at radius 1 is 1.41 bits per heavy atom. The third kappa shape index (κ3) is 2.65. The highest BCUT2D eigenvalue weighted by Crippen LogP contribution is 2.28. The molecule has 4 heteroatoms. The Kier molecular flexibility index (Phi) is 3.45. The van der Waals surface area contributed by atoms with Crippen LogP contribution in [0.15, 0.2) is 24.3 Å². The minimum atomic E-state index is -0.736. The third-order valence-corrected chi connectivity index (χ3v) is 3.30. The lowest BCUT2D eigenvalue weighted by atomic mass is 9.98. The predicted molar refractivity (Wildman–Crippen MR) is 63.6 cm³/mol. The highest BCUT2D eigenvalue weighted by atomic mass is 16.4. The summed E-state index contributed by atoms with van der Waals surface area (Å²) in [6.07, 6.45) is 0.163. The maximum Gasteiger partial charge on any atom is 0.307 e. The van der Waals surface area contributed by atoms with Gasteiger partial charge in [-0.05, 0) is 24.5 Å². The SMILES string of the molecule is CC(O)c1ccc(C2CC(C(=O)O)CN2)cc1. The summed E-state index contributed by atoms with van der Waals surface area (Å²) in [5.74, 6) is -1.03. The van der Waals surface area contributed by atoms with Crippen LogP contribution < -0.4 is 5.32 Å². The Morgan fingerprint density at radius 3 is 2.53 bits per heavy atom. The number of carboxylic acids is 1. The number of aliphatic hydroxyl groups is 1. The van der Waals surface area contributed by atoms with Crippen LogP contribution in [0, 0.1) is 5.92 Å². The number of benzene rings is 1. The van der Waals surface area contributed by atoms with Gasteiger partial charge in [0.25, 0.3) is 0 Å². The first-order valence-electron chi connectivity index (χ1n) is 5.82. The van der Waals surface area contributed by atoms with Gasteiger partial charge in [0.05, 0.1) is 12.0 Å². The molecular formula is C13H17NO3. The number of hydrogen-bond acceptors (Lipinski definition) is 3. The molecule has 0 bridgehead atoms. The summed E-state index contributed by atoms with van der Waals surface area (Å²) >= 11 is 0. The van der Waals surface area contributed by atoms with Crippen molar-refractivity contribution in [1.29, 1.82) is 0 Å². The molecular weight excluding hydrogens is 218 g/mol. The molecule has 1 heterocycles. The van der Waals surface area contributed by atoms with Crippen molar-refractivity contribution in [3.05, 3.63) is 35.4 Å². The molecule has 17 heavy (non-hydrogen) atoms. The van der Waals surface area contributed by atoms with Crippen LogP contribution in [0.3, 0.4) is 0 Å². The molecule has 0 spiro atoms. The highest BCUT2D eigenvalue weighted by molar-refractivity contribution is 5.70. The Bertz CT molecular complexity index is 400. The summed E-state index contributed by atoms with van der Waals surface area (Å²) in [5, 5.41) is 21.5. The van der Waals surface area contributed by atoms with Crippen molar-refractivity contribution in [2.24, 2.45) is 5.92 Å². The first-order valence-corrected chi connectivity index (χ1v) is 5.82. The molecule has 3 N–H and O–H groups in total. The van der Waals surface area contributed by atoms with Gasteiger partial charge in [0, 0.05) is 12.6 Å². The second kappa shape index (κ2) is 4.85. The van der Waals surface area contributed by atoms with Crippen LogP contribution >= 0.6 is 0 Å². The molecule has 0 aromatic heterocycles. The van der Waals surface area contributed by atoms with Crippen LogP contribution in [0.1, 0.15) is 36.6 Å². The molecule has 1 fully saturated rings. The number of carbonyl (C=O) groups is 1. The highest BCUT2D eigenvalue weighted by Gasteiger charge is 2.29. The maximum atomic E-state index is 10.8. The molecule has 3 unspecified atom stereocenters. The molecule has 4 nitrogen and oxygen atoms in total. The van der Waals surface area contributed by atoms with Gasteiger partial charge in [0.2, 0.25) is 0 Å². The Morgan fingerprint density at radius 2 is 2.06 bits per heavy atom. The average Bonchev–Trinajstić information content (AvgIpc) is 2.78. The van der Waals surface area contributed by atoms with E-state index in [1.807, 2.05) is 24.3 Å². The number of nitrogens with one attached hydrogen (secondary N) is 1. The van der Waals surface area contributed by atoms with Crippen molar-refractivity contribution in [2.75, 3.05) is 6.54 Å². The fraction of sp³-hybridized carbons (Fsp3) is 0.462. The van der Waals surface area contributed by atoms with Gasteiger partial charge in [0.1, 0.15) is 0 Å². The summed E-state index contributed by atoms with van der Waals surface area (Å²) < 4.78 is 0. The van der Waals surface area contributed by atoms with Crippen molar-refractivity contribution in [3.8, 4) is 0 Å². The van der Waals surface area contributed by atoms with Crippen LogP contribution in [-0.4, -0.2) is 22.7 Å². The van der Waals surface area contributed by atoms with E-state index in [1.54, 1.807) is 6.92 Å². The normalized spacial score (nSPS) is 25.8. The van der Waals surface area contributed by atoms with Crippen molar-refractivity contribution >= 4 is 5.97 Å². The lowest BCUT2D eigenvalue weighted by molar-refractivity contribution is -0.141. The van der Waals surface area contributed by atoms with E-state index in [1.165, 1.54) is 0 Å². The molecule has 1 aliphatic heterocycles. The van der Waals surface area contributed by atoms with E-state index in [0.717, 1.165) is 11.1 Å². The van der Waals surface area contributed by atoms with Gasteiger partial charge in [-0.2, -0.15) is 0 Å². The van der Waals surface area contributed by atoms with Crippen molar-refractivity contribution in [2.45, 2.75) is 25.5 Å². The van der Waals surface area contributed by atoms with Gasteiger partial charge in [-0.1, -0.05) is 24.3 Å². The van der Waals surface area contributed by atoms with Gasteiger partial charge in [-0.15, -0.1) is 0 Å². The Hall–Kier alpha value is -1.39. The number of carboxylic acid groups (broad SMARTS) is 1. The van der Waals surface area contributed by atoms with Crippen molar-refractivity contribution in [3.63, 3.8) is 0 Å². The number of aliphatic hydroxyl groups excluding tert-OH is 1. The van der Waals surface area contributed by atoms with Crippen LogP contribution in [0.25, 0.3) is 0 Å². The number of aliphatic carboxylic acids is 1. The molecule has 0 saturated carbocycles. The molecule has 1 aromatic carbocycles. The number of rotatable bonds is 3. The molecule has 92 valence electrons.